The summed E-state index contributed by atoms with van der Waals surface area (Å²) in [5, 5.41) is 0. The Kier molecular flexibility index (Phi) is 6.33. The number of hydrogen-bond donors (Lipinski definition) is 0. The molecule has 1 aromatic carbocycles. The molecule has 0 aromatic heterocycles. The SMILES string of the molecule is CCCc1ccc(C2=CC=C(C3CCC(CCC)OC3)C(F)(F)C2(F)F)cc1. The smallest absolute Gasteiger partial charge is 0.339 e. The normalized spacial score (nSPS) is 26.5. The zero-order chi connectivity index (χ0) is 20.4. The highest BCUT2D eigenvalue weighted by Crippen LogP contribution is 2.53. The van der Waals surface area contributed by atoms with Crippen LogP contribution in [0.1, 0.15) is 57.1 Å². The second kappa shape index (κ2) is 8.40. The maximum Gasteiger partial charge on any atom is 0.339 e. The molecule has 0 saturated carbocycles. The second-order valence-electron chi connectivity index (χ2n) is 7.82. The number of benzene rings is 1. The minimum absolute atomic E-state index is 0.0484. The quantitative estimate of drug-likeness (QED) is 0.479. The van der Waals surface area contributed by atoms with Gasteiger partial charge in [0.05, 0.1) is 12.7 Å². The highest BCUT2D eigenvalue weighted by atomic mass is 19.3. The summed E-state index contributed by atoms with van der Waals surface area (Å²) in [6, 6.07) is 6.49. The zero-order valence-electron chi connectivity index (χ0n) is 16.5. The molecule has 1 fully saturated rings. The summed E-state index contributed by atoms with van der Waals surface area (Å²) in [5.74, 6) is -9.13. The van der Waals surface area contributed by atoms with Crippen LogP contribution in [0.25, 0.3) is 5.57 Å². The Bertz CT molecular complexity index is 725. The van der Waals surface area contributed by atoms with Crippen molar-refractivity contribution in [3.63, 3.8) is 0 Å². The van der Waals surface area contributed by atoms with Gasteiger partial charge in [0.25, 0.3) is 0 Å². The average molecular weight is 396 g/mol. The first-order valence-corrected chi connectivity index (χ1v) is 10.2. The van der Waals surface area contributed by atoms with Crippen LogP contribution in [-0.4, -0.2) is 24.6 Å². The van der Waals surface area contributed by atoms with E-state index < -0.39 is 28.9 Å². The second-order valence-corrected chi connectivity index (χ2v) is 7.82. The first-order chi connectivity index (χ1) is 13.3. The van der Waals surface area contributed by atoms with Crippen molar-refractivity contribution in [2.45, 2.75) is 70.3 Å². The first-order valence-electron chi connectivity index (χ1n) is 10.2. The lowest BCUT2D eigenvalue weighted by Gasteiger charge is -2.38. The van der Waals surface area contributed by atoms with Gasteiger partial charge in [-0.2, -0.15) is 17.6 Å². The Labute approximate surface area is 164 Å². The van der Waals surface area contributed by atoms with Gasteiger partial charge < -0.3 is 4.74 Å². The van der Waals surface area contributed by atoms with E-state index in [1.807, 2.05) is 13.8 Å². The van der Waals surface area contributed by atoms with Crippen LogP contribution in [0, 0.1) is 5.92 Å². The molecule has 5 heteroatoms. The highest BCUT2D eigenvalue weighted by molar-refractivity contribution is 5.76. The summed E-state index contributed by atoms with van der Waals surface area (Å²) >= 11 is 0. The van der Waals surface area contributed by atoms with Crippen molar-refractivity contribution in [2.75, 3.05) is 6.61 Å². The fourth-order valence-corrected chi connectivity index (χ4v) is 4.14. The van der Waals surface area contributed by atoms with E-state index in [-0.39, 0.29) is 18.3 Å². The van der Waals surface area contributed by atoms with Gasteiger partial charge >= 0.3 is 11.8 Å². The molecule has 1 aromatic rings. The molecule has 0 bridgehead atoms. The lowest BCUT2D eigenvalue weighted by molar-refractivity contribution is -0.157. The van der Waals surface area contributed by atoms with Crippen molar-refractivity contribution < 1.29 is 22.3 Å². The number of halogens is 4. The average Bonchev–Trinajstić information content (AvgIpc) is 2.66. The Hall–Kier alpha value is -1.62. The van der Waals surface area contributed by atoms with E-state index >= 15 is 0 Å². The van der Waals surface area contributed by atoms with E-state index in [9.17, 15) is 17.6 Å². The number of hydrogen-bond acceptors (Lipinski definition) is 1. The van der Waals surface area contributed by atoms with E-state index in [1.165, 1.54) is 24.3 Å². The van der Waals surface area contributed by atoms with Crippen LogP contribution in [0.5, 0.6) is 0 Å². The minimum Gasteiger partial charge on any atom is -0.378 e. The number of ether oxygens (including phenoxy) is 1. The van der Waals surface area contributed by atoms with Gasteiger partial charge in [0.2, 0.25) is 0 Å². The lowest BCUT2D eigenvalue weighted by atomic mass is 9.78. The summed E-state index contributed by atoms with van der Waals surface area (Å²) in [5.41, 5.74) is 0.0291. The summed E-state index contributed by atoms with van der Waals surface area (Å²) in [6.07, 6.45) is 7.09. The molecule has 1 nitrogen and oxygen atoms in total. The molecule has 0 radical (unpaired) electrons. The Morgan fingerprint density at radius 1 is 0.929 bits per heavy atom. The van der Waals surface area contributed by atoms with Crippen LogP contribution < -0.4 is 0 Å². The fraction of sp³-hybridized carbons (Fsp3) is 0.565. The molecule has 2 atom stereocenters. The lowest BCUT2D eigenvalue weighted by Crippen LogP contribution is -2.47. The molecule has 1 saturated heterocycles. The van der Waals surface area contributed by atoms with E-state index in [2.05, 4.69) is 0 Å². The van der Waals surface area contributed by atoms with Crippen molar-refractivity contribution in [1.82, 2.24) is 0 Å². The highest BCUT2D eigenvalue weighted by Gasteiger charge is 2.63. The summed E-state index contributed by atoms with van der Waals surface area (Å²) in [6.45, 7) is 4.14. The zero-order valence-corrected chi connectivity index (χ0v) is 16.5. The molecule has 1 aliphatic heterocycles. The predicted octanol–water partition coefficient (Wildman–Crippen LogP) is 6.83. The molecular formula is C23H28F4O. The molecule has 2 aliphatic rings. The number of allylic oxidation sites excluding steroid dienone is 3. The fourth-order valence-electron chi connectivity index (χ4n) is 4.14. The number of alkyl halides is 4. The maximum absolute atomic E-state index is 14.9. The van der Waals surface area contributed by atoms with Crippen molar-refractivity contribution >= 4 is 5.57 Å². The van der Waals surface area contributed by atoms with Crippen LogP contribution in [0.4, 0.5) is 17.6 Å². The van der Waals surface area contributed by atoms with Crippen molar-refractivity contribution in [1.29, 1.82) is 0 Å². The Balaban J connectivity index is 1.86. The minimum atomic E-state index is -4.25. The van der Waals surface area contributed by atoms with E-state index in [0.29, 0.717) is 12.8 Å². The van der Waals surface area contributed by atoms with Crippen LogP contribution in [-0.2, 0) is 11.2 Å². The van der Waals surface area contributed by atoms with Crippen LogP contribution in [0.15, 0.2) is 42.0 Å². The molecule has 0 spiro atoms. The van der Waals surface area contributed by atoms with Crippen LogP contribution >= 0.6 is 0 Å². The van der Waals surface area contributed by atoms with Gasteiger partial charge in [-0.1, -0.05) is 63.1 Å². The molecule has 3 rings (SSSR count). The topological polar surface area (TPSA) is 9.23 Å². The summed E-state index contributed by atoms with van der Waals surface area (Å²) < 4.78 is 65.2. The number of aryl methyl sites for hydroxylation is 1. The molecule has 1 heterocycles. The third-order valence-electron chi connectivity index (χ3n) is 5.75. The molecule has 1 aliphatic carbocycles. The van der Waals surface area contributed by atoms with Crippen molar-refractivity contribution in [2.24, 2.45) is 5.92 Å². The van der Waals surface area contributed by atoms with Crippen molar-refractivity contribution in [3.05, 3.63) is 53.1 Å². The third kappa shape index (κ3) is 3.91. The standard InChI is InChI=1S/C23H28F4O/c1-3-5-16-7-9-17(10-8-16)20-13-14-21(23(26,27)22(20,24)25)18-11-12-19(6-4-2)28-15-18/h7-10,13-14,18-19H,3-6,11-12,15H2,1-2H3. The van der Waals surface area contributed by atoms with Gasteiger partial charge in [0.1, 0.15) is 0 Å². The molecular weight excluding hydrogens is 368 g/mol. The van der Waals surface area contributed by atoms with E-state index in [0.717, 1.165) is 31.2 Å². The van der Waals surface area contributed by atoms with Gasteiger partial charge in [-0.05, 0) is 36.8 Å². The molecule has 0 amide bonds. The number of rotatable bonds is 6. The molecule has 2 unspecified atom stereocenters. The Morgan fingerprint density at radius 3 is 2.21 bits per heavy atom. The molecule has 0 N–H and O–H groups in total. The predicted molar refractivity (Wildman–Crippen MR) is 104 cm³/mol. The first kappa shape index (κ1) is 21.1. The van der Waals surface area contributed by atoms with Gasteiger partial charge in [-0.3, -0.25) is 0 Å². The van der Waals surface area contributed by atoms with E-state index in [1.54, 1.807) is 12.1 Å². The maximum atomic E-state index is 14.9. The van der Waals surface area contributed by atoms with Crippen LogP contribution in [0.2, 0.25) is 0 Å². The summed E-state index contributed by atoms with van der Waals surface area (Å²) in [4.78, 5) is 0. The summed E-state index contributed by atoms with van der Waals surface area (Å²) in [7, 11) is 0. The van der Waals surface area contributed by atoms with Crippen LogP contribution in [0.3, 0.4) is 0 Å². The Morgan fingerprint density at radius 2 is 1.64 bits per heavy atom. The molecule has 154 valence electrons. The van der Waals surface area contributed by atoms with Crippen molar-refractivity contribution in [3.8, 4) is 0 Å². The van der Waals surface area contributed by atoms with Gasteiger partial charge in [0.15, 0.2) is 0 Å². The van der Waals surface area contributed by atoms with Gasteiger partial charge in [-0.15, -0.1) is 0 Å². The monoisotopic (exact) mass is 396 g/mol. The largest absolute Gasteiger partial charge is 0.378 e. The van der Waals surface area contributed by atoms with Gasteiger partial charge in [-0.25, -0.2) is 0 Å². The third-order valence-corrected chi connectivity index (χ3v) is 5.75. The van der Waals surface area contributed by atoms with E-state index in [4.69, 9.17) is 4.74 Å². The van der Waals surface area contributed by atoms with Gasteiger partial charge in [0, 0.05) is 17.1 Å². The molecule has 28 heavy (non-hydrogen) atoms.